The first-order valence-electron chi connectivity index (χ1n) is 5.62. The lowest BCUT2D eigenvalue weighted by molar-refractivity contribution is 0.297. The zero-order chi connectivity index (χ0) is 12.0. The van der Waals surface area contributed by atoms with Gasteiger partial charge in [-0.3, -0.25) is 0 Å². The summed E-state index contributed by atoms with van der Waals surface area (Å²) >= 11 is 4.91. The first-order valence-corrected chi connectivity index (χ1v) is 6.03. The van der Waals surface area contributed by atoms with E-state index < -0.39 is 0 Å². The molecule has 0 unspecified atom stereocenters. The molecule has 0 saturated heterocycles. The molecule has 2 N–H and O–H groups in total. The van der Waals surface area contributed by atoms with Crippen LogP contribution in [0.15, 0.2) is 24.3 Å². The van der Waals surface area contributed by atoms with Crippen molar-refractivity contribution in [1.82, 2.24) is 0 Å². The van der Waals surface area contributed by atoms with E-state index in [1.807, 2.05) is 24.3 Å². The van der Waals surface area contributed by atoms with Crippen LogP contribution < -0.4 is 10.5 Å². The van der Waals surface area contributed by atoms with Crippen LogP contribution in [0.25, 0.3) is 0 Å². The molecule has 2 nitrogen and oxygen atoms in total. The van der Waals surface area contributed by atoms with Gasteiger partial charge < -0.3 is 10.5 Å². The fourth-order valence-electron chi connectivity index (χ4n) is 1.42. The monoisotopic (exact) mass is 237 g/mol. The molecule has 0 amide bonds. The van der Waals surface area contributed by atoms with Crippen molar-refractivity contribution in [2.75, 3.05) is 6.61 Å². The number of thiocarbonyl (C=S) groups is 1. The molecular formula is C13H19NOS. The van der Waals surface area contributed by atoms with E-state index in [2.05, 4.69) is 13.8 Å². The standard InChI is InChI=1S/C13H19NOS/c1-10(2)5-4-8-15-12-7-3-6-11(9-12)13(14)16/h3,6-7,9-10H,4-5,8H2,1-2H3,(H2,14,16). The summed E-state index contributed by atoms with van der Waals surface area (Å²) in [5.74, 6) is 1.57. The van der Waals surface area contributed by atoms with Gasteiger partial charge in [-0.15, -0.1) is 0 Å². The van der Waals surface area contributed by atoms with E-state index in [0.717, 1.165) is 30.3 Å². The van der Waals surface area contributed by atoms with Crippen molar-refractivity contribution in [3.05, 3.63) is 29.8 Å². The van der Waals surface area contributed by atoms with Gasteiger partial charge in [0.15, 0.2) is 0 Å². The maximum Gasteiger partial charge on any atom is 0.119 e. The minimum absolute atomic E-state index is 0.410. The summed E-state index contributed by atoms with van der Waals surface area (Å²) in [4.78, 5) is 0.410. The van der Waals surface area contributed by atoms with Gasteiger partial charge in [-0.1, -0.05) is 38.2 Å². The number of ether oxygens (including phenoxy) is 1. The Hall–Kier alpha value is -1.09. The molecule has 0 radical (unpaired) electrons. The molecule has 0 bridgehead atoms. The molecule has 16 heavy (non-hydrogen) atoms. The third-order valence-electron chi connectivity index (χ3n) is 2.31. The summed E-state index contributed by atoms with van der Waals surface area (Å²) < 4.78 is 5.63. The van der Waals surface area contributed by atoms with E-state index >= 15 is 0 Å². The molecule has 0 atom stereocenters. The molecule has 0 fully saturated rings. The van der Waals surface area contributed by atoms with Gasteiger partial charge in [-0.2, -0.15) is 0 Å². The van der Waals surface area contributed by atoms with Gasteiger partial charge in [0.05, 0.1) is 6.61 Å². The van der Waals surface area contributed by atoms with Crippen LogP contribution in [-0.2, 0) is 0 Å². The van der Waals surface area contributed by atoms with E-state index in [-0.39, 0.29) is 0 Å². The second kappa shape index (κ2) is 6.48. The number of benzene rings is 1. The summed E-state index contributed by atoms with van der Waals surface area (Å²) in [7, 11) is 0. The lowest BCUT2D eigenvalue weighted by Gasteiger charge is -2.08. The third-order valence-corrected chi connectivity index (χ3v) is 2.55. The van der Waals surface area contributed by atoms with Crippen LogP contribution in [0.3, 0.4) is 0 Å². The molecule has 0 spiro atoms. The van der Waals surface area contributed by atoms with Crippen LogP contribution in [0.4, 0.5) is 0 Å². The highest BCUT2D eigenvalue weighted by Crippen LogP contribution is 2.14. The summed E-state index contributed by atoms with van der Waals surface area (Å²) in [5, 5.41) is 0. The minimum atomic E-state index is 0.410. The van der Waals surface area contributed by atoms with Crippen LogP contribution in [0.5, 0.6) is 5.75 Å². The van der Waals surface area contributed by atoms with Gasteiger partial charge in [0.1, 0.15) is 10.7 Å². The van der Waals surface area contributed by atoms with Crippen molar-refractivity contribution in [1.29, 1.82) is 0 Å². The topological polar surface area (TPSA) is 35.2 Å². The van der Waals surface area contributed by atoms with Crippen molar-refractivity contribution in [3.63, 3.8) is 0 Å². The molecule has 0 aromatic heterocycles. The van der Waals surface area contributed by atoms with Gasteiger partial charge in [0.2, 0.25) is 0 Å². The predicted molar refractivity (Wildman–Crippen MR) is 71.9 cm³/mol. The Morgan fingerprint density at radius 3 is 2.81 bits per heavy atom. The number of hydrogen-bond donors (Lipinski definition) is 1. The number of hydrogen-bond acceptors (Lipinski definition) is 2. The minimum Gasteiger partial charge on any atom is -0.494 e. The Bertz CT molecular complexity index is 350. The average Bonchev–Trinajstić information content (AvgIpc) is 2.24. The molecule has 0 aliphatic carbocycles. The smallest absolute Gasteiger partial charge is 0.119 e. The fourth-order valence-corrected chi connectivity index (χ4v) is 1.55. The molecule has 3 heteroatoms. The molecular weight excluding hydrogens is 218 g/mol. The molecule has 0 heterocycles. The molecule has 1 aromatic carbocycles. The maximum absolute atomic E-state index is 5.63. The van der Waals surface area contributed by atoms with Crippen LogP contribution in [0, 0.1) is 5.92 Å². The fraction of sp³-hybridized carbons (Fsp3) is 0.462. The first-order chi connectivity index (χ1) is 7.59. The Kier molecular flexibility index (Phi) is 5.26. The van der Waals surface area contributed by atoms with Crippen molar-refractivity contribution >= 4 is 17.2 Å². The largest absolute Gasteiger partial charge is 0.494 e. The number of nitrogens with two attached hydrogens (primary N) is 1. The van der Waals surface area contributed by atoms with Crippen LogP contribution in [0.1, 0.15) is 32.3 Å². The quantitative estimate of drug-likeness (QED) is 0.610. The summed E-state index contributed by atoms with van der Waals surface area (Å²) in [6.45, 7) is 5.18. The van der Waals surface area contributed by atoms with E-state index in [9.17, 15) is 0 Å². The van der Waals surface area contributed by atoms with Gasteiger partial charge in [-0.25, -0.2) is 0 Å². The highest BCUT2D eigenvalue weighted by molar-refractivity contribution is 7.80. The first kappa shape index (κ1) is 13.0. The Labute approximate surface area is 103 Å². The van der Waals surface area contributed by atoms with Gasteiger partial charge in [0.25, 0.3) is 0 Å². The highest BCUT2D eigenvalue weighted by atomic mass is 32.1. The molecule has 1 rings (SSSR count). The van der Waals surface area contributed by atoms with Gasteiger partial charge >= 0.3 is 0 Å². The lowest BCUT2D eigenvalue weighted by Crippen LogP contribution is -2.09. The maximum atomic E-state index is 5.63. The second-order valence-electron chi connectivity index (χ2n) is 4.28. The SMILES string of the molecule is CC(C)CCCOc1cccc(C(N)=S)c1. The Morgan fingerprint density at radius 2 is 2.19 bits per heavy atom. The van der Waals surface area contributed by atoms with Gasteiger partial charge in [0, 0.05) is 5.56 Å². The summed E-state index contributed by atoms with van der Waals surface area (Å²) in [6, 6.07) is 7.62. The van der Waals surface area contributed by atoms with E-state index in [1.165, 1.54) is 6.42 Å². The van der Waals surface area contributed by atoms with Crippen LogP contribution >= 0.6 is 12.2 Å². The number of rotatable bonds is 6. The molecule has 1 aromatic rings. The van der Waals surface area contributed by atoms with Gasteiger partial charge in [-0.05, 0) is 30.9 Å². The second-order valence-corrected chi connectivity index (χ2v) is 4.72. The molecule has 0 saturated carbocycles. The highest BCUT2D eigenvalue weighted by Gasteiger charge is 1.99. The zero-order valence-corrected chi connectivity index (χ0v) is 10.7. The van der Waals surface area contributed by atoms with Crippen molar-refractivity contribution in [3.8, 4) is 5.75 Å². The average molecular weight is 237 g/mol. The molecule has 0 aliphatic heterocycles. The third kappa shape index (κ3) is 4.62. The van der Waals surface area contributed by atoms with Crippen LogP contribution in [-0.4, -0.2) is 11.6 Å². The molecule has 88 valence electrons. The molecule has 0 aliphatic rings. The Morgan fingerprint density at radius 1 is 1.44 bits per heavy atom. The summed E-state index contributed by atoms with van der Waals surface area (Å²) in [6.07, 6.45) is 2.27. The van der Waals surface area contributed by atoms with Crippen LogP contribution in [0.2, 0.25) is 0 Å². The van der Waals surface area contributed by atoms with E-state index in [4.69, 9.17) is 22.7 Å². The normalized spacial score (nSPS) is 10.4. The van der Waals surface area contributed by atoms with Crippen molar-refractivity contribution in [2.24, 2.45) is 11.7 Å². The van der Waals surface area contributed by atoms with Crippen molar-refractivity contribution < 1.29 is 4.74 Å². The lowest BCUT2D eigenvalue weighted by atomic mass is 10.1. The predicted octanol–water partition coefficient (Wildman–Crippen LogP) is 3.14. The van der Waals surface area contributed by atoms with E-state index in [1.54, 1.807) is 0 Å². The van der Waals surface area contributed by atoms with Crippen molar-refractivity contribution in [2.45, 2.75) is 26.7 Å². The zero-order valence-electron chi connectivity index (χ0n) is 9.90. The Balaban J connectivity index is 2.42. The summed E-state index contributed by atoms with van der Waals surface area (Å²) in [5.41, 5.74) is 6.41. The van der Waals surface area contributed by atoms with E-state index in [0.29, 0.717) is 4.99 Å².